The summed E-state index contributed by atoms with van der Waals surface area (Å²) in [5, 5.41) is 6.00. The van der Waals surface area contributed by atoms with Crippen LogP contribution in [0.3, 0.4) is 0 Å². The Balaban J connectivity index is 1.66. The number of hydrogen-bond acceptors (Lipinski definition) is 3. The zero-order chi connectivity index (χ0) is 16.1. The third-order valence-corrected chi connectivity index (χ3v) is 6.39. The van der Waals surface area contributed by atoms with Gasteiger partial charge in [0.05, 0.1) is 0 Å². The molecule has 0 saturated carbocycles. The summed E-state index contributed by atoms with van der Waals surface area (Å²) < 4.78 is 0. The molecule has 0 amide bonds. The van der Waals surface area contributed by atoms with Gasteiger partial charge in [-0.3, -0.25) is 0 Å². The summed E-state index contributed by atoms with van der Waals surface area (Å²) in [6.07, 6.45) is 3.69. The molecule has 1 aromatic carbocycles. The van der Waals surface area contributed by atoms with Gasteiger partial charge in [-0.2, -0.15) is 0 Å². The predicted molar refractivity (Wildman–Crippen MR) is 100 cm³/mol. The first kappa shape index (κ1) is 16.7. The molecule has 3 rings (SSSR count). The van der Waals surface area contributed by atoms with Gasteiger partial charge in [0.25, 0.3) is 0 Å². The molecule has 23 heavy (non-hydrogen) atoms. The van der Waals surface area contributed by atoms with Crippen molar-refractivity contribution in [3.05, 3.63) is 58.3 Å². The van der Waals surface area contributed by atoms with Gasteiger partial charge >= 0.3 is 0 Å². The monoisotopic (exact) mass is 328 g/mol. The van der Waals surface area contributed by atoms with E-state index in [4.69, 9.17) is 0 Å². The Morgan fingerprint density at radius 3 is 2.52 bits per heavy atom. The van der Waals surface area contributed by atoms with E-state index < -0.39 is 0 Å². The van der Waals surface area contributed by atoms with E-state index in [1.807, 2.05) is 11.3 Å². The second-order valence-corrected chi connectivity index (χ2v) is 7.90. The van der Waals surface area contributed by atoms with Crippen molar-refractivity contribution in [3.8, 4) is 0 Å². The number of hydrogen-bond donors (Lipinski definition) is 1. The van der Waals surface area contributed by atoms with E-state index in [1.54, 1.807) is 0 Å². The Labute approximate surface area is 144 Å². The van der Waals surface area contributed by atoms with E-state index in [9.17, 15) is 0 Å². The van der Waals surface area contributed by atoms with Crippen molar-refractivity contribution in [3.63, 3.8) is 0 Å². The van der Waals surface area contributed by atoms with E-state index >= 15 is 0 Å². The summed E-state index contributed by atoms with van der Waals surface area (Å²) in [6.45, 7) is 5.92. The quantitative estimate of drug-likeness (QED) is 0.858. The summed E-state index contributed by atoms with van der Waals surface area (Å²) >= 11 is 1.88. The predicted octanol–water partition coefficient (Wildman–Crippen LogP) is 4.13. The fourth-order valence-electron chi connectivity index (χ4n) is 3.55. The first-order chi connectivity index (χ1) is 11.2. The maximum Gasteiger partial charge on any atom is 0.0280 e. The average Bonchev–Trinajstić information content (AvgIpc) is 3.12. The van der Waals surface area contributed by atoms with Gasteiger partial charge in [-0.05, 0) is 63.0 Å². The molecule has 1 saturated heterocycles. The van der Waals surface area contributed by atoms with Crippen LogP contribution in [0.1, 0.15) is 36.6 Å². The molecule has 0 aliphatic carbocycles. The average molecular weight is 329 g/mol. The number of rotatable bonds is 6. The van der Waals surface area contributed by atoms with Crippen LogP contribution in [0.25, 0.3) is 0 Å². The van der Waals surface area contributed by atoms with Crippen molar-refractivity contribution in [1.29, 1.82) is 0 Å². The first-order valence-electron chi connectivity index (χ1n) is 8.70. The lowest BCUT2D eigenvalue weighted by Gasteiger charge is -2.33. The SMILES string of the molecule is CN1CCC(NCCC(C)(c2ccccc2)c2cccs2)CC1. The molecule has 2 aromatic rings. The van der Waals surface area contributed by atoms with Crippen molar-refractivity contribution in [2.24, 2.45) is 0 Å². The van der Waals surface area contributed by atoms with E-state index in [1.165, 1.54) is 36.4 Å². The van der Waals surface area contributed by atoms with Gasteiger partial charge in [0.1, 0.15) is 0 Å². The highest BCUT2D eigenvalue weighted by Crippen LogP contribution is 2.37. The lowest BCUT2D eigenvalue weighted by atomic mass is 9.78. The summed E-state index contributed by atoms with van der Waals surface area (Å²) in [4.78, 5) is 3.90. The minimum Gasteiger partial charge on any atom is -0.314 e. The molecule has 1 aliphatic rings. The molecule has 2 heterocycles. The molecule has 0 radical (unpaired) electrons. The highest BCUT2D eigenvalue weighted by atomic mass is 32.1. The molecule has 124 valence electrons. The van der Waals surface area contributed by atoms with Crippen molar-refractivity contribution in [2.75, 3.05) is 26.7 Å². The van der Waals surface area contributed by atoms with Crippen molar-refractivity contribution in [1.82, 2.24) is 10.2 Å². The van der Waals surface area contributed by atoms with Crippen LogP contribution >= 0.6 is 11.3 Å². The molecule has 2 nitrogen and oxygen atoms in total. The number of nitrogens with one attached hydrogen (secondary N) is 1. The summed E-state index contributed by atoms with van der Waals surface area (Å²) in [5.41, 5.74) is 1.53. The van der Waals surface area contributed by atoms with E-state index in [0.29, 0.717) is 6.04 Å². The third kappa shape index (κ3) is 4.03. The number of thiophene rings is 1. The van der Waals surface area contributed by atoms with Crippen LogP contribution in [0.5, 0.6) is 0 Å². The fraction of sp³-hybridized carbons (Fsp3) is 0.500. The van der Waals surface area contributed by atoms with Crippen LogP contribution < -0.4 is 5.32 Å². The molecule has 3 heteroatoms. The molecule has 0 spiro atoms. The zero-order valence-electron chi connectivity index (χ0n) is 14.3. The Bertz CT molecular complexity index is 573. The molecule has 1 unspecified atom stereocenters. The summed E-state index contributed by atoms with van der Waals surface area (Å²) in [5.74, 6) is 0. The second kappa shape index (κ2) is 7.61. The standard InChI is InChI=1S/C20H28N2S/c1-20(19-9-6-16-23-19,17-7-4-3-5-8-17)12-13-21-18-10-14-22(2)15-11-18/h3-9,16,18,21H,10-15H2,1-2H3. The van der Waals surface area contributed by atoms with Crippen molar-refractivity contribution in [2.45, 2.75) is 37.6 Å². The van der Waals surface area contributed by atoms with Gasteiger partial charge in [-0.25, -0.2) is 0 Å². The Morgan fingerprint density at radius 2 is 1.87 bits per heavy atom. The van der Waals surface area contributed by atoms with Crippen LogP contribution in [0.2, 0.25) is 0 Å². The summed E-state index contributed by atoms with van der Waals surface area (Å²) in [6, 6.07) is 16.1. The topological polar surface area (TPSA) is 15.3 Å². The number of nitrogens with zero attached hydrogens (tertiary/aromatic N) is 1. The number of benzene rings is 1. The van der Waals surface area contributed by atoms with E-state index in [0.717, 1.165) is 13.0 Å². The van der Waals surface area contributed by atoms with Crippen LogP contribution in [-0.2, 0) is 5.41 Å². The number of likely N-dealkylation sites (tertiary alicyclic amines) is 1. The van der Waals surface area contributed by atoms with Crippen LogP contribution in [0.4, 0.5) is 0 Å². The molecule has 1 atom stereocenters. The van der Waals surface area contributed by atoms with Crippen LogP contribution in [-0.4, -0.2) is 37.6 Å². The van der Waals surface area contributed by atoms with E-state index in [2.05, 4.69) is 72.0 Å². The lowest BCUT2D eigenvalue weighted by Crippen LogP contribution is -2.42. The minimum absolute atomic E-state index is 0.105. The minimum atomic E-state index is 0.105. The lowest BCUT2D eigenvalue weighted by molar-refractivity contribution is 0.233. The van der Waals surface area contributed by atoms with Crippen molar-refractivity contribution >= 4 is 11.3 Å². The second-order valence-electron chi connectivity index (χ2n) is 6.96. The zero-order valence-corrected chi connectivity index (χ0v) is 15.1. The highest BCUT2D eigenvalue weighted by Gasteiger charge is 2.29. The normalized spacial score (nSPS) is 19.6. The molecular weight excluding hydrogens is 300 g/mol. The maximum atomic E-state index is 3.81. The maximum absolute atomic E-state index is 3.81. The van der Waals surface area contributed by atoms with Gasteiger partial charge in [0.2, 0.25) is 0 Å². The largest absolute Gasteiger partial charge is 0.314 e. The molecule has 1 fully saturated rings. The Hall–Kier alpha value is -1.16. The van der Waals surface area contributed by atoms with Gasteiger partial charge < -0.3 is 10.2 Å². The van der Waals surface area contributed by atoms with Gasteiger partial charge in [0, 0.05) is 16.3 Å². The molecule has 1 N–H and O–H groups in total. The first-order valence-corrected chi connectivity index (χ1v) is 9.58. The third-order valence-electron chi connectivity index (χ3n) is 5.25. The number of piperidine rings is 1. The molecular formula is C20H28N2S. The van der Waals surface area contributed by atoms with Gasteiger partial charge in [-0.1, -0.05) is 43.3 Å². The fourth-order valence-corrected chi connectivity index (χ4v) is 4.49. The molecule has 1 aromatic heterocycles. The van der Waals surface area contributed by atoms with Gasteiger partial charge in [-0.15, -0.1) is 11.3 Å². The summed E-state index contributed by atoms with van der Waals surface area (Å²) in [7, 11) is 2.22. The molecule has 0 bridgehead atoms. The smallest absolute Gasteiger partial charge is 0.0280 e. The Kier molecular flexibility index (Phi) is 5.52. The van der Waals surface area contributed by atoms with E-state index in [-0.39, 0.29) is 5.41 Å². The highest BCUT2D eigenvalue weighted by molar-refractivity contribution is 7.10. The van der Waals surface area contributed by atoms with Gasteiger partial charge in [0.15, 0.2) is 0 Å². The van der Waals surface area contributed by atoms with Crippen LogP contribution in [0.15, 0.2) is 47.8 Å². The Morgan fingerprint density at radius 1 is 1.13 bits per heavy atom. The van der Waals surface area contributed by atoms with Crippen molar-refractivity contribution < 1.29 is 0 Å². The molecule has 1 aliphatic heterocycles. The van der Waals surface area contributed by atoms with Crippen LogP contribution in [0, 0.1) is 0 Å².